The van der Waals surface area contributed by atoms with E-state index in [1.54, 1.807) is 48.5 Å². The summed E-state index contributed by atoms with van der Waals surface area (Å²) < 4.78 is 22.6. The van der Waals surface area contributed by atoms with Gasteiger partial charge in [0.25, 0.3) is 0 Å². The van der Waals surface area contributed by atoms with Crippen LogP contribution in [0.2, 0.25) is 0 Å². The topological polar surface area (TPSA) is 106 Å². The normalized spacial score (nSPS) is 22.8. The molecular formula is C19H22NO7P. The Bertz CT molecular complexity index is 895. The molecule has 0 radical (unpaired) electrons. The fourth-order valence-corrected chi connectivity index (χ4v) is 4.72. The van der Waals surface area contributed by atoms with Crippen molar-refractivity contribution in [1.82, 2.24) is 5.06 Å². The first kappa shape index (κ1) is 20.5. The summed E-state index contributed by atoms with van der Waals surface area (Å²) in [4.78, 5) is 38.7. The number of hydroxylamine groups is 2. The lowest BCUT2D eigenvalue weighted by Crippen LogP contribution is -2.30. The maximum Gasteiger partial charge on any atom is 0.345 e. The van der Waals surface area contributed by atoms with Gasteiger partial charge >= 0.3 is 7.60 Å². The Morgan fingerprint density at radius 3 is 2.29 bits per heavy atom. The molecule has 2 aromatic rings. The highest BCUT2D eigenvalue weighted by Gasteiger charge is 2.54. The Balaban J connectivity index is 2.07. The molecule has 1 heterocycles. The molecule has 0 saturated carbocycles. The van der Waals surface area contributed by atoms with E-state index < -0.39 is 31.2 Å². The Morgan fingerprint density at radius 1 is 1.07 bits per heavy atom. The van der Waals surface area contributed by atoms with Crippen LogP contribution in [0.15, 0.2) is 48.5 Å². The molecule has 3 rings (SSSR count). The zero-order valence-electron chi connectivity index (χ0n) is 15.7. The minimum Gasteiger partial charge on any atom is -0.497 e. The Kier molecular flexibility index (Phi) is 5.88. The lowest BCUT2D eigenvalue weighted by Gasteiger charge is -2.24. The molecule has 0 aromatic heterocycles. The number of rotatable bonds is 6. The number of Topliss-reactive ketones (excluding diaryl/α,β-unsaturated/α-hetero) is 1. The van der Waals surface area contributed by atoms with Crippen molar-refractivity contribution in [3.8, 4) is 11.5 Å². The number of ketones is 1. The first-order valence-corrected chi connectivity index (χ1v) is 10.2. The van der Waals surface area contributed by atoms with E-state index in [1.807, 2.05) is 0 Å². The van der Waals surface area contributed by atoms with Crippen LogP contribution in [-0.4, -0.2) is 53.8 Å². The highest BCUT2D eigenvalue weighted by molar-refractivity contribution is 7.52. The predicted molar refractivity (Wildman–Crippen MR) is 102 cm³/mol. The van der Waals surface area contributed by atoms with Crippen molar-refractivity contribution in [1.29, 1.82) is 0 Å². The molecule has 28 heavy (non-hydrogen) atoms. The van der Waals surface area contributed by atoms with E-state index >= 15 is 0 Å². The number of ether oxygens (including phenoxy) is 2. The van der Waals surface area contributed by atoms with E-state index in [1.165, 1.54) is 21.3 Å². The average molecular weight is 407 g/mol. The SMILES string of the molecule is COc1ccc([C@@H]2[C@@H](C(=O)c3ccccc3OC)ON(C)[C@@H]2P(=O)(O)O)cc1. The van der Waals surface area contributed by atoms with Crippen LogP contribution in [0.25, 0.3) is 0 Å². The minimum absolute atomic E-state index is 0.285. The first-order chi connectivity index (χ1) is 13.3. The molecule has 1 aliphatic rings. The van der Waals surface area contributed by atoms with Crippen molar-refractivity contribution in [2.75, 3.05) is 21.3 Å². The molecule has 8 nitrogen and oxygen atoms in total. The third kappa shape index (κ3) is 3.83. The van der Waals surface area contributed by atoms with Crippen LogP contribution in [0.1, 0.15) is 21.8 Å². The van der Waals surface area contributed by atoms with Gasteiger partial charge in [-0.3, -0.25) is 14.2 Å². The van der Waals surface area contributed by atoms with E-state index in [4.69, 9.17) is 14.3 Å². The Morgan fingerprint density at radius 2 is 1.71 bits per heavy atom. The van der Waals surface area contributed by atoms with E-state index in [2.05, 4.69) is 0 Å². The fourth-order valence-electron chi connectivity index (χ4n) is 3.50. The average Bonchev–Trinajstić information content (AvgIpc) is 3.05. The molecule has 150 valence electrons. The zero-order chi connectivity index (χ0) is 20.5. The monoisotopic (exact) mass is 407 g/mol. The molecule has 0 amide bonds. The molecule has 1 saturated heterocycles. The van der Waals surface area contributed by atoms with Crippen molar-refractivity contribution in [3.05, 3.63) is 59.7 Å². The minimum atomic E-state index is -4.61. The maximum absolute atomic E-state index is 13.2. The first-order valence-electron chi connectivity index (χ1n) is 8.54. The highest BCUT2D eigenvalue weighted by atomic mass is 31.2. The summed E-state index contributed by atoms with van der Waals surface area (Å²) >= 11 is 0. The molecule has 0 aliphatic carbocycles. The zero-order valence-corrected chi connectivity index (χ0v) is 16.6. The van der Waals surface area contributed by atoms with Gasteiger partial charge in [0.05, 0.1) is 19.8 Å². The predicted octanol–water partition coefficient (Wildman–Crippen LogP) is 2.42. The van der Waals surface area contributed by atoms with Gasteiger partial charge < -0.3 is 19.3 Å². The molecule has 1 fully saturated rings. The van der Waals surface area contributed by atoms with Crippen LogP contribution >= 0.6 is 7.60 Å². The maximum atomic E-state index is 13.2. The summed E-state index contributed by atoms with van der Waals surface area (Å²) in [5.41, 5.74) is 0.847. The number of hydrogen-bond donors (Lipinski definition) is 2. The lowest BCUT2D eigenvalue weighted by atomic mass is 9.89. The molecule has 0 spiro atoms. The van der Waals surface area contributed by atoms with E-state index in [0.29, 0.717) is 17.1 Å². The highest BCUT2D eigenvalue weighted by Crippen LogP contribution is 2.55. The van der Waals surface area contributed by atoms with Crippen LogP contribution in [-0.2, 0) is 9.40 Å². The summed E-state index contributed by atoms with van der Waals surface area (Å²) in [6.07, 6.45) is -1.12. The summed E-state index contributed by atoms with van der Waals surface area (Å²) in [7, 11) is -0.225. The van der Waals surface area contributed by atoms with Gasteiger partial charge in [-0.15, -0.1) is 0 Å². The largest absolute Gasteiger partial charge is 0.497 e. The second kappa shape index (κ2) is 8.03. The second-order valence-corrected chi connectivity index (χ2v) is 8.15. The van der Waals surface area contributed by atoms with E-state index in [9.17, 15) is 19.1 Å². The van der Waals surface area contributed by atoms with Gasteiger partial charge in [0.1, 0.15) is 17.3 Å². The summed E-state index contributed by atoms with van der Waals surface area (Å²) in [6, 6.07) is 13.4. The molecular weight excluding hydrogens is 385 g/mol. The number of carbonyl (C=O) groups is 1. The molecule has 2 aromatic carbocycles. The number of hydrogen-bond acceptors (Lipinski definition) is 6. The smallest absolute Gasteiger partial charge is 0.345 e. The quantitative estimate of drug-likeness (QED) is 0.556. The Hall–Kier alpha value is -2.22. The van der Waals surface area contributed by atoms with Gasteiger partial charge in [0, 0.05) is 13.0 Å². The number of benzene rings is 2. The summed E-state index contributed by atoms with van der Waals surface area (Å²) in [6.45, 7) is 0. The van der Waals surface area contributed by atoms with Gasteiger partial charge in [0.15, 0.2) is 11.9 Å². The summed E-state index contributed by atoms with van der Waals surface area (Å²) in [5.74, 6) is -1.64. The van der Waals surface area contributed by atoms with Crippen LogP contribution in [0.4, 0.5) is 0 Å². The third-order valence-electron chi connectivity index (χ3n) is 4.78. The summed E-state index contributed by atoms with van der Waals surface area (Å²) in [5, 5.41) is 1.08. The van der Waals surface area contributed by atoms with Gasteiger partial charge in [-0.25, -0.2) is 0 Å². The fraction of sp³-hybridized carbons (Fsp3) is 0.316. The van der Waals surface area contributed by atoms with Crippen molar-refractivity contribution in [2.45, 2.75) is 17.8 Å². The van der Waals surface area contributed by atoms with Crippen LogP contribution in [0, 0.1) is 0 Å². The third-order valence-corrected chi connectivity index (χ3v) is 6.11. The molecule has 0 unspecified atom stereocenters. The molecule has 0 bridgehead atoms. The van der Waals surface area contributed by atoms with E-state index in [0.717, 1.165) is 5.06 Å². The molecule has 1 aliphatic heterocycles. The van der Waals surface area contributed by atoms with Gasteiger partial charge in [0.2, 0.25) is 0 Å². The van der Waals surface area contributed by atoms with Gasteiger partial charge in [-0.05, 0) is 29.8 Å². The van der Waals surface area contributed by atoms with Crippen LogP contribution < -0.4 is 9.47 Å². The van der Waals surface area contributed by atoms with Crippen LogP contribution in [0.5, 0.6) is 11.5 Å². The Labute approximate surface area is 162 Å². The number of para-hydroxylation sites is 1. The number of methoxy groups -OCH3 is 2. The molecule has 2 N–H and O–H groups in total. The van der Waals surface area contributed by atoms with Gasteiger partial charge in [-0.1, -0.05) is 24.3 Å². The standard InChI is InChI=1S/C19H22NO7P/c1-20-19(28(22,23)24)16(12-8-10-13(25-2)11-9-12)18(27-20)17(21)14-6-4-5-7-15(14)26-3/h4-11,16,18-19H,1-3H3,(H2,22,23,24)/t16-,18+,19-/m1/s1. The van der Waals surface area contributed by atoms with Crippen molar-refractivity contribution in [3.63, 3.8) is 0 Å². The number of likely N-dealkylation sites (N-methyl/N-ethyl adjacent to an activating group) is 1. The molecule has 9 heteroatoms. The van der Waals surface area contributed by atoms with Gasteiger partial charge in [-0.2, -0.15) is 5.06 Å². The van der Waals surface area contributed by atoms with Crippen LogP contribution in [0.3, 0.4) is 0 Å². The number of nitrogens with zero attached hydrogens (tertiary/aromatic N) is 1. The van der Waals surface area contributed by atoms with Crippen molar-refractivity contribution < 1.29 is 33.5 Å². The van der Waals surface area contributed by atoms with Crippen molar-refractivity contribution in [2.24, 2.45) is 0 Å². The second-order valence-electron chi connectivity index (χ2n) is 6.44. The lowest BCUT2D eigenvalue weighted by molar-refractivity contribution is -0.122. The molecule has 3 atom stereocenters. The van der Waals surface area contributed by atoms with Crippen molar-refractivity contribution >= 4 is 13.4 Å². The van der Waals surface area contributed by atoms with E-state index in [-0.39, 0.29) is 5.56 Å². The number of carbonyl (C=O) groups excluding carboxylic acids is 1.